The fourth-order valence-electron chi connectivity index (χ4n) is 15.7. The number of nitrogens with zero attached hydrogens (tertiary/aromatic N) is 8. The Kier molecular flexibility index (Phi) is 9.52. The van der Waals surface area contributed by atoms with Gasteiger partial charge in [0.2, 0.25) is 14.3 Å². The van der Waals surface area contributed by atoms with Crippen molar-refractivity contribution in [2.75, 3.05) is 35.2 Å². The molecule has 9 heterocycles. The maximum atomic E-state index is 4.35. The number of hydrogen-bond donors (Lipinski definition) is 2. The minimum absolute atomic E-state index is 0.385. The molecular weight excluding hydrogens is 647 g/mol. The molecule has 0 aromatic heterocycles. The van der Waals surface area contributed by atoms with Gasteiger partial charge in [0.25, 0.3) is 27.9 Å². The second kappa shape index (κ2) is 13.1. The molecule has 0 aliphatic carbocycles. The van der Waals surface area contributed by atoms with Crippen molar-refractivity contribution in [2.45, 2.75) is 172 Å². The van der Waals surface area contributed by atoms with E-state index in [2.05, 4.69) is 174 Å². The predicted octanol–water partition coefficient (Wildman–Crippen LogP) is 2.27. The zero-order chi connectivity index (χ0) is 38.2. The summed E-state index contributed by atoms with van der Waals surface area (Å²) in [6, 6.07) is 4.63. The van der Waals surface area contributed by atoms with E-state index >= 15 is 0 Å². The highest BCUT2D eigenvalue weighted by Gasteiger charge is 2.78. The van der Waals surface area contributed by atoms with E-state index in [1.54, 1.807) is 0 Å². The lowest BCUT2D eigenvalue weighted by Gasteiger charge is -2.80. The van der Waals surface area contributed by atoms with Crippen LogP contribution in [0.2, 0.25) is 55.4 Å². The van der Waals surface area contributed by atoms with Crippen molar-refractivity contribution in [2.24, 2.45) is 17.8 Å². The molecule has 0 aromatic rings. The van der Waals surface area contributed by atoms with Gasteiger partial charge in [-0.25, -0.2) is 0 Å². The van der Waals surface area contributed by atoms with E-state index in [1.807, 2.05) is 0 Å². The summed E-state index contributed by atoms with van der Waals surface area (Å²) in [5.74, 6) is 5.09. The first-order chi connectivity index (χ1) is 25.0. The molecule has 1 radical (unpaired) electrons. The molecule has 2 N–H and O–H groups in total. The summed E-state index contributed by atoms with van der Waals surface area (Å²) in [6.45, 7) is 33.8. The molecule has 18 unspecified atom stereocenters. The van der Waals surface area contributed by atoms with Crippen LogP contribution in [0.1, 0.15) is 62.3 Å². The van der Waals surface area contributed by atoms with Crippen LogP contribution in [-0.2, 0) is 0 Å². The highest BCUT2D eigenvalue weighted by atomic mass is 15.4. The Labute approximate surface area is 328 Å². The van der Waals surface area contributed by atoms with Crippen LogP contribution in [0, 0.1) is 17.8 Å². The average molecular weight is 719 g/mol. The van der Waals surface area contributed by atoms with Crippen LogP contribution in [0.15, 0.2) is 0 Å². The fourth-order valence-corrected chi connectivity index (χ4v) is 15.7. The fraction of sp³-hybridized carbons (Fsp3) is 1.00. The Morgan fingerprint density at radius 1 is 0.642 bits per heavy atom. The quantitative estimate of drug-likeness (QED) is 0.426. The first-order valence-corrected chi connectivity index (χ1v) is 22.2. The van der Waals surface area contributed by atoms with Crippen LogP contribution in [0.4, 0.5) is 0 Å². The number of rotatable bonds is 3. The molecule has 0 amide bonds. The van der Waals surface area contributed by atoms with Crippen LogP contribution < -0.4 is 10.5 Å². The molecule has 0 bridgehead atoms. The van der Waals surface area contributed by atoms with Gasteiger partial charge in [-0.05, 0) is 143 Å². The van der Waals surface area contributed by atoms with Crippen LogP contribution in [-0.4, -0.2) is 184 Å². The summed E-state index contributed by atoms with van der Waals surface area (Å²) in [6.07, 6.45) is 0. The van der Waals surface area contributed by atoms with Crippen LogP contribution in [0.5, 0.6) is 0 Å². The van der Waals surface area contributed by atoms with Gasteiger partial charge in [-0.15, -0.1) is 0 Å². The first-order valence-electron chi connectivity index (χ1n) is 22.2. The van der Waals surface area contributed by atoms with Gasteiger partial charge < -0.3 is 48.6 Å². The second-order valence-electron chi connectivity index (χ2n) is 20.8. The van der Waals surface area contributed by atoms with Crippen LogP contribution in [0.25, 0.3) is 0 Å². The summed E-state index contributed by atoms with van der Waals surface area (Å²) < 4.78 is 15.5. The van der Waals surface area contributed by atoms with Crippen molar-refractivity contribution in [3.63, 3.8) is 0 Å². The maximum absolute atomic E-state index is 4.35. The highest BCUT2D eigenvalue weighted by molar-refractivity contribution is 6.87. The molecular formula is C35H71B8N10. The molecule has 0 saturated carbocycles. The predicted molar refractivity (Wildman–Crippen MR) is 232 cm³/mol. The molecule has 0 aromatic carbocycles. The molecule has 53 heavy (non-hydrogen) atoms. The van der Waals surface area contributed by atoms with E-state index in [4.69, 9.17) is 0 Å². The van der Waals surface area contributed by atoms with E-state index in [9.17, 15) is 0 Å². The number of fused-ring (bicyclic) bond motifs is 6. The molecule has 9 aliphatic heterocycles. The molecule has 18 atom stereocenters. The van der Waals surface area contributed by atoms with E-state index in [-0.39, 0.29) is 0 Å². The minimum atomic E-state index is 0.385. The lowest BCUT2D eigenvalue weighted by molar-refractivity contribution is 0.0672. The van der Waals surface area contributed by atoms with Gasteiger partial charge in [-0.3, -0.25) is 0 Å². The average Bonchev–Trinajstić information content (AvgIpc) is 3.14. The zero-order valence-electron chi connectivity index (χ0n) is 36.6. The molecule has 18 heteroatoms. The van der Waals surface area contributed by atoms with Crippen molar-refractivity contribution in [1.29, 1.82) is 0 Å². The Balaban J connectivity index is 1.29. The minimum Gasteiger partial charge on any atom is -0.373 e. The van der Waals surface area contributed by atoms with Crippen molar-refractivity contribution < 1.29 is 0 Å². The Morgan fingerprint density at radius 3 is 1.94 bits per heavy atom. The Morgan fingerprint density at radius 2 is 1.28 bits per heavy atom. The lowest BCUT2D eigenvalue weighted by atomic mass is 9.16. The summed E-state index contributed by atoms with van der Waals surface area (Å²) >= 11 is 0. The molecule has 285 valence electrons. The largest absolute Gasteiger partial charge is 0.373 e. The third-order valence-electron chi connectivity index (χ3n) is 19.9. The molecule has 9 fully saturated rings. The molecule has 0 spiro atoms. The van der Waals surface area contributed by atoms with Gasteiger partial charge in [0, 0.05) is 6.04 Å². The zero-order valence-corrected chi connectivity index (χ0v) is 36.6. The van der Waals surface area contributed by atoms with E-state index < -0.39 is 0 Å². The third-order valence-corrected chi connectivity index (χ3v) is 19.9. The van der Waals surface area contributed by atoms with E-state index in [0.717, 1.165) is 0 Å². The highest BCUT2D eigenvalue weighted by Crippen LogP contribution is 2.66. The number of hydrogen-bond acceptors (Lipinski definition) is 10. The monoisotopic (exact) mass is 720 g/mol. The summed E-state index contributed by atoms with van der Waals surface area (Å²) in [7, 11) is 14.9. The van der Waals surface area contributed by atoms with Gasteiger partial charge in [0.1, 0.15) is 0 Å². The van der Waals surface area contributed by atoms with Gasteiger partial charge >= 0.3 is 14.0 Å². The third kappa shape index (κ3) is 4.74. The summed E-state index contributed by atoms with van der Waals surface area (Å²) in [5, 5.41) is 8.14. The Hall–Kier alpha value is 0.119. The van der Waals surface area contributed by atoms with Crippen molar-refractivity contribution in [3.8, 4) is 0 Å². The SMILES string of the molecule is CNC(C)C(C)C1C2B(C)N(C)B3C4C5C(B6NC(C)C(C)C(C)N63)C(C)N(C)B(C)N5B3C(C)C(C)C5B(N1[B]C1C(C)N(C)B(C)N(C)C15)N3C24. The summed E-state index contributed by atoms with van der Waals surface area (Å²) in [5.41, 5.74) is 0. The van der Waals surface area contributed by atoms with E-state index in [0.29, 0.717) is 156 Å². The Bertz CT molecular complexity index is 1430. The first kappa shape index (κ1) is 38.6. The van der Waals surface area contributed by atoms with E-state index in [1.165, 1.54) is 0 Å². The van der Waals surface area contributed by atoms with Gasteiger partial charge in [0.15, 0.2) is 0 Å². The maximum Gasteiger partial charge on any atom is 0.307 e. The molecule has 9 saturated heterocycles. The van der Waals surface area contributed by atoms with Crippen LogP contribution >= 0.6 is 0 Å². The summed E-state index contributed by atoms with van der Waals surface area (Å²) in [4.78, 5) is 8.25. The molecule has 10 nitrogen and oxygen atoms in total. The normalized spacial score (nSPS) is 49.5. The topological polar surface area (TPSA) is 50.0 Å². The van der Waals surface area contributed by atoms with Crippen molar-refractivity contribution in [3.05, 3.63) is 0 Å². The lowest BCUT2D eigenvalue weighted by Crippen LogP contribution is -2.96. The van der Waals surface area contributed by atoms with Crippen LogP contribution in [0.3, 0.4) is 0 Å². The van der Waals surface area contributed by atoms with Crippen molar-refractivity contribution in [1.82, 2.24) is 48.6 Å². The van der Waals surface area contributed by atoms with Gasteiger partial charge in [-0.1, -0.05) is 75.9 Å². The smallest absolute Gasteiger partial charge is 0.307 e. The van der Waals surface area contributed by atoms with Gasteiger partial charge in [0.05, 0.1) is 0 Å². The molecule has 9 aliphatic rings. The second-order valence-corrected chi connectivity index (χ2v) is 20.8. The number of nitrogens with one attached hydrogen (secondary N) is 2. The molecule has 9 rings (SSSR count). The standard InChI is InChI=1S/C35H71B8N10/c1-18-21(4)41-52-34-29(26(9)47(15)39(52)12)40-45-23(6)19(2)24(7)51(40)42-31(34)35-30(37(10)49(42)17)32(20(3)22(5)44-13)50-36-27-25(8)46(14)38(11)48(16)33(27)28(18)43(50)53(35)41/h18-35,44-45H,1-17H3. The van der Waals surface area contributed by atoms with Gasteiger partial charge in [-0.2, -0.15) is 0 Å². The van der Waals surface area contributed by atoms with Crippen molar-refractivity contribution >= 4 is 56.2 Å².